The van der Waals surface area contributed by atoms with Crippen LogP contribution in [0.15, 0.2) is 54.0 Å². The van der Waals surface area contributed by atoms with Crippen LogP contribution in [0.1, 0.15) is 66.2 Å². The highest BCUT2D eigenvalue weighted by atomic mass is 32.2. The number of aryl methyl sites for hydroxylation is 1. The summed E-state index contributed by atoms with van der Waals surface area (Å²) in [4.78, 5) is 36.8. The molecule has 45 heavy (non-hydrogen) atoms. The zero-order chi connectivity index (χ0) is 31.7. The van der Waals surface area contributed by atoms with E-state index in [2.05, 4.69) is 74.9 Å². The minimum Gasteiger partial charge on any atom is -0.496 e. The molecule has 2 aliphatic heterocycles. The van der Waals surface area contributed by atoms with Crippen molar-refractivity contribution in [3.05, 3.63) is 81.9 Å². The molecule has 3 aromatic rings. The van der Waals surface area contributed by atoms with Crippen LogP contribution in [0.3, 0.4) is 0 Å². The number of nitrogens with one attached hydrogen (secondary N) is 3. The predicted octanol–water partition coefficient (Wildman–Crippen LogP) is 5.13. The predicted molar refractivity (Wildman–Crippen MR) is 186 cm³/mol. The number of carbonyl (C=O) groups is 1. The number of hydrogen-bond donors (Lipinski definition) is 3. The van der Waals surface area contributed by atoms with Crippen molar-refractivity contribution in [3.8, 4) is 16.9 Å². The molecular weight excluding hydrogens is 584 g/mol. The number of allylic oxidation sites excluding steroid dienone is 1. The molecule has 0 bridgehead atoms. The lowest BCUT2D eigenvalue weighted by Crippen LogP contribution is -2.43. The van der Waals surface area contributed by atoms with Gasteiger partial charge in [0.25, 0.3) is 11.5 Å². The maximum atomic E-state index is 14.1. The maximum Gasteiger partial charge on any atom is 0.256 e. The van der Waals surface area contributed by atoms with Gasteiger partial charge in [0.15, 0.2) is 0 Å². The summed E-state index contributed by atoms with van der Waals surface area (Å²) in [6.45, 7) is 14.9. The Hall–Kier alpha value is -3.89. The molecule has 238 valence electrons. The monoisotopic (exact) mass is 628 g/mol. The molecule has 1 aliphatic carbocycles. The van der Waals surface area contributed by atoms with Gasteiger partial charge in [0.05, 0.1) is 24.9 Å². The van der Waals surface area contributed by atoms with Gasteiger partial charge in [-0.25, -0.2) is 4.98 Å². The molecule has 1 aromatic carbocycles. The number of carbonyl (C=O) groups excluding carboxylic acids is 1. The van der Waals surface area contributed by atoms with E-state index in [4.69, 9.17) is 9.72 Å². The number of hydrogen-bond acceptors (Lipinski definition) is 7. The molecule has 0 radical (unpaired) electrons. The van der Waals surface area contributed by atoms with E-state index in [0.29, 0.717) is 22.6 Å². The number of H-pyrrole nitrogens is 1. The Labute approximate surface area is 268 Å². The average Bonchev–Trinajstić information content (AvgIpc) is 3.75. The molecule has 3 aliphatic rings. The molecule has 1 saturated carbocycles. The number of pyridine rings is 2. The van der Waals surface area contributed by atoms with Crippen LogP contribution in [0.4, 0.5) is 11.5 Å². The SMILES string of the molecule is C=CCC1(/S(=C/C)N2CC(C)c3c(C(=O)NCc4c(OC)cc(C)[nH]c4=O)cc(-c4ccc(N5CCNCC5)nc4)cc32)CC1. The van der Waals surface area contributed by atoms with Crippen molar-refractivity contribution in [1.29, 1.82) is 0 Å². The number of aromatic amines is 1. The van der Waals surface area contributed by atoms with E-state index >= 15 is 0 Å². The summed E-state index contributed by atoms with van der Waals surface area (Å²) in [5, 5.41) is 8.79. The fourth-order valence-electron chi connectivity index (χ4n) is 6.79. The number of rotatable bonds is 10. The van der Waals surface area contributed by atoms with Gasteiger partial charge < -0.3 is 29.6 Å². The summed E-state index contributed by atoms with van der Waals surface area (Å²) >= 11 is 0. The largest absolute Gasteiger partial charge is 0.496 e. The Balaban J connectivity index is 1.39. The first-order chi connectivity index (χ1) is 21.8. The van der Waals surface area contributed by atoms with E-state index in [1.807, 2.05) is 19.2 Å². The van der Waals surface area contributed by atoms with Crippen molar-refractivity contribution in [3.63, 3.8) is 0 Å². The third-order valence-corrected chi connectivity index (χ3v) is 12.0. The van der Waals surface area contributed by atoms with Crippen LogP contribution < -0.4 is 30.1 Å². The van der Waals surface area contributed by atoms with Crippen LogP contribution in [0.2, 0.25) is 0 Å². The molecule has 4 heterocycles. The number of anilines is 2. The minimum atomic E-state index is -0.263. The molecule has 2 atom stereocenters. The zero-order valence-electron chi connectivity index (χ0n) is 26.7. The Kier molecular flexibility index (Phi) is 8.88. The summed E-state index contributed by atoms with van der Waals surface area (Å²) < 4.78 is 8.22. The van der Waals surface area contributed by atoms with Gasteiger partial charge in [-0.15, -0.1) is 6.58 Å². The molecule has 6 rings (SSSR count). The standard InChI is InChI=1S/C35H44N6O3S/c1-6-10-35(11-12-35)45(7-2)41-22-23(3)32-27(33(42)38-21-28-30(44-5)17-24(4)39-34(28)43)18-26(19-29(32)41)25-8-9-31(37-20-25)40-15-13-36-14-16-40/h6-9,17-20,23,36H,1,10-16,21-22H2,2-5H3,(H,38,42)(H,39,43). The summed E-state index contributed by atoms with van der Waals surface area (Å²) in [6, 6.07) is 10.2. The quantitative estimate of drug-likeness (QED) is 0.211. The van der Waals surface area contributed by atoms with E-state index < -0.39 is 0 Å². The third kappa shape index (κ3) is 6.05. The van der Waals surface area contributed by atoms with Gasteiger partial charge >= 0.3 is 0 Å². The number of methoxy groups -OCH3 is 1. The van der Waals surface area contributed by atoms with Gasteiger partial charge in [-0.05, 0) is 79.9 Å². The maximum absolute atomic E-state index is 14.1. The number of benzene rings is 1. The van der Waals surface area contributed by atoms with Crippen LogP contribution in [0.5, 0.6) is 5.75 Å². The number of nitrogens with zero attached hydrogens (tertiary/aromatic N) is 3. The number of piperazine rings is 1. The molecular formula is C35H44N6O3S. The van der Waals surface area contributed by atoms with Gasteiger partial charge in [0, 0.05) is 66.4 Å². The molecule has 0 spiro atoms. The van der Waals surface area contributed by atoms with Gasteiger partial charge in [-0.2, -0.15) is 0 Å². The normalized spacial score (nSPS) is 19.2. The Morgan fingerprint density at radius 2 is 2.00 bits per heavy atom. The highest BCUT2D eigenvalue weighted by molar-refractivity contribution is 8.17. The van der Waals surface area contributed by atoms with Gasteiger partial charge in [-0.3, -0.25) is 9.59 Å². The molecule has 10 heteroatoms. The van der Waals surface area contributed by atoms with E-state index in [0.717, 1.165) is 67.3 Å². The van der Waals surface area contributed by atoms with Crippen LogP contribution >= 0.6 is 10.7 Å². The number of amides is 1. The lowest BCUT2D eigenvalue weighted by Gasteiger charge is -2.31. The average molecular weight is 629 g/mol. The first kappa shape index (κ1) is 31.1. The van der Waals surface area contributed by atoms with Crippen LogP contribution in [-0.4, -0.2) is 65.8 Å². The van der Waals surface area contributed by atoms with Crippen molar-refractivity contribution in [2.75, 3.05) is 49.0 Å². The number of fused-ring (bicyclic) bond motifs is 1. The lowest BCUT2D eigenvalue weighted by atomic mass is 9.93. The Morgan fingerprint density at radius 3 is 2.64 bits per heavy atom. The highest BCUT2D eigenvalue weighted by Gasteiger charge is 2.48. The van der Waals surface area contributed by atoms with Crippen LogP contribution in [0, 0.1) is 6.92 Å². The van der Waals surface area contributed by atoms with Crippen molar-refractivity contribution in [2.24, 2.45) is 0 Å². The summed E-state index contributed by atoms with van der Waals surface area (Å²) in [5.74, 6) is 1.39. The molecule has 2 aromatic heterocycles. The van der Waals surface area contributed by atoms with Crippen molar-refractivity contribution >= 4 is 33.5 Å². The second kappa shape index (κ2) is 12.8. The molecule has 1 amide bonds. The summed E-state index contributed by atoms with van der Waals surface area (Å²) in [7, 11) is 1.43. The van der Waals surface area contributed by atoms with Gasteiger partial charge in [0.1, 0.15) is 11.6 Å². The van der Waals surface area contributed by atoms with E-state index in [9.17, 15) is 9.59 Å². The third-order valence-electron chi connectivity index (χ3n) is 9.23. The number of aromatic nitrogens is 2. The molecule has 3 N–H and O–H groups in total. The molecule has 2 fully saturated rings. The lowest BCUT2D eigenvalue weighted by molar-refractivity contribution is 0.0949. The first-order valence-electron chi connectivity index (χ1n) is 15.8. The number of ether oxygens (including phenoxy) is 1. The van der Waals surface area contributed by atoms with Crippen molar-refractivity contribution in [1.82, 2.24) is 20.6 Å². The molecule has 9 nitrogen and oxygen atoms in total. The van der Waals surface area contributed by atoms with Crippen molar-refractivity contribution in [2.45, 2.75) is 57.2 Å². The van der Waals surface area contributed by atoms with Crippen LogP contribution in [-0.2, 0) is 6.54 Å². The fourth-order valence-corrected chi connectivity index (χ4v) is 9.57. The second-order valence-corrected chi connectivity index (χ2v) is 14.7. The van der Waals surface area contributed by atoms with Crippen LogP contribution in [0.25, 0.3) is 11.1 Å². The smallest absolute Gasteiger partial charge is 0.256 e. The zero-order valence-corrected chi connectivity index (χ0v) is 27.6. The summed E-state index contributed by atoms with van der Waals surface area (Å²) in [6.07, 6.45) is 7.33. The summed E-state index contributed by atoms with van der Waals surface area (Å²) in [5.41, 5.74) is 5.56. The topological polar surface area (TPSA) is 103 Å². The first-order valence-corrected chi connectivity index (χ1v) is 17.1. The molecule has 1 saturated heterocycles. The second-order valence-electron chi connectivity index (χ2n) is 12.3. The fraction of sp³-hybridized carbons (Fsp3) is 0.429. The highest BCUT2D eigenvalue weighted by Crippen LogP contribution is 2.60. The Bertz CT molecular complexity index is 1690. The van der Waals surface area contributed by atoms with E-state index in [1.54, 1.807) is 6.07 Å². The molecule has 2 unspecified atom stereocenters. The van der Waals surface area contributed by atoms with E-state index in [1.165, 1.54) is 20.0 Å². The Morgan fingerprint density at radius 1 is 1.22 bits per heavy atom. The van der Waals surface area contributed by atoms with E-state index in [-0.39, 0.29) is 39.3 Å². The van der Waals surface area contributed by atoms with Gasteiger partial charge in [-0.1, -0.05) is 23.7 Å². The van der Waals surface area contributed by atoms with Gasteiger partial charge in [0.2, 0.25) is 0 Å². The minimum absolute atomic E-state index is 0.0607. The van der Waals surface area contributed by atoms with Crippen molar-refractivity contribution < 1.29 is 9.53 Å².